The first-order valence-corrected chi connectivity index (χ1v) is 11.4. The molecular weight excluding hydrogens is 394 g/mol. The third-order valence-corrected chi connectivity index (χ3v) is 6.35. The zero-order valence-electron chi connectivity index (χ0n) is 17.7. The number of hydrogen-bond acceptors (Lipinski definition) is 5. The van der Waals surface area contributed by atoms with Crippen LogP contribution in [-0.2, 0) is 4.79 Å². The molecule has 6 heteroatoms. The van der Waals surface area contributed by atoms with Crippen LogP contribution in [0.25, 0.3) is 22.0 Å². The largest absolute Gasteiger partial charge is 0.479 e. The van der Waals surface area contributed by atoms with Crippen LogP contribution in [0.15, 0.2) is 42.6 Å². The van der Waals surface area contributed by atoms with Crippen LogP contribution >= 0.6 is 11.3 Å². The van der Waals surface area contributed by atoms with E-state index in [1.165, 1.54) is 12.8 Å². The highest BCUT2D eigenvalue weighted by Gasteiger charge is 2.31. The van der Waals surface area contributed by atoms with E-state index in [1.54, 1.807) is 17.5 Å². The maximum absolute atomic E-state index is 12.8. The lowest BCUT2D eigenvalue weighted by Gasteiger charge is -2.33. The summed E-state index contributed by atoms with van der Waals surface area (Å²) in [6.45, 7) is 6.81. The lowest BCUT2D eigenvalue weighted by Crippen LogP contribution is -2.44. The average Bonchev–Trinajstić information content (AvgIpc) is 3.15. The normalized spacial score (nSPS) is 15.8. The molecule has 0 radical (unpaired) electrons. The third kappa shape index (κ3) is 4.10. The summed E-state index contributed by atoms with van der Waals surface area (Å²) in [5.41, 5.74) is 3.65. The predicted octanol–water partition coefficient (Wildman–Crippen LogP) is 5.87. The standard InChI is InChI=1S/C24H27N3O2S/c1-4-5-6-9-14-27-20-15-18(11-12-21(20)29-16(2)24(27)28)22-17(3)30-23(26-22)19-10-7-8-13-25-19/h7-8,10-13,15-16H,4-6,9,14H2,1-3H3. The van der Waals surface area contributed by atoms with Crippen molar-refractivity contribution in [2.75, 3.05) is 11.4 Å². The van der Waals surface area contributed by atoms with Gasteiger partial charge in [-0.2, -0.15) is 0 Å². The number of fused-ring (bicyclic) bond motifs is 1. The molecule has 1 aromatic carbocycles. The summed E-state index contributed by atoms with van der Waals surface area (Å²) in [4.78, 5) is 25.1. The zero-order chi connectivity index (χ0) is 21.1. The van der Waals surface area contributed by atoms with E-state index < -0.39 is 6.10 Å². The van der Waals surface area contributed by atoms with Gasteiger partial charge >= 0.3 is 0 Å². The second-order valence-corrected chi connectivity index (χ2v) is 8.84. The van der Waals surface area contributed by atoms with E-state index in [2.05, 4.69) is 18.8 Å². The van der Waals surface area contributed by atoms with Crippen LogP contribution in [0.3, 0.4) is 0 Å². The fourth-order valence-electron chi connectivity index (χ4n) is 3.74. The lowest BCUT2D eigenvalue weighted by molar-refractivity contribution is -0.125. The fourth-order valence-corrected chi connectivity index (χ4v) is 4.66. The Bertz CT molecular complexity index is 1030. The van der Waals surface area contributed by atoms with E-state index in [0.29, 0.717) is 0 Å². The van der Waals surface area contributed by atoms with Crippen molar-refractivity contribution in [3.8, 4) is 27.7 Å². The smallest absolute Gasteiger partial charge is 0.267 e. The highest BCUT2D eigenvalue weighted by Crippen LogP contribution is 2.40. The number of amides is 1. The average molecular weight is 422 g/mol. The highest BCUT2D eigenvalue weighted by molar-refractivity contribution is 7.15. The van der Waals surface area contributed by atoms with Gasteiger partial charge in [-0.25, -0.2) is 4.98 Å². The van der Waals surface area contributed by atoms with Crippen molar-refractivity contribution in [3.05, 3.63) is 47.5 Å². The number of nitrogens with zero attached hydrogens (tertiary/aromatic N) is 3. The Morgan fingerprint density at radius 2 is 2.03 bits per heavy atom. The molecule has 0 aliphatic carbocycles. The number of hydrogen-bond donors (Lipinski definition) is 0. The molecule has 1 aliphatic heterocycles. The van der Waals surface area contributed by atoms with Crippen molar-refractivity contribution in [2.24, 2.45) is 0 Å². The molecule has 0 spiro atoms. The number of carbonyl (C=O) groups excluding carboxylic acids is 1. The maximum Gasteiger partial charge on any atom is 0.267 e. The van der Waals surface area contributed by atoms with Gasteiger partial charge in [-0.1, -0.05) is 32.3 Å². The van der Waals surface area contributed by atoms with Crippen LogP contribution in [0.1, 0.15) is 44.4 Å². The topological polar surface area (TPSA) is 55.3 Å². The second kappa shape index (κ2) is 8.96. The van der Waals surface area contributed by atoms with Gasteiger partial charge in [-0.3, -0.25) is 9.78 Å². The predicted molar refractivity (Wildman–Crippen MR) is 122 cm³/mol. The minimum Gasteiger partial charge on any atom is -0.479 e. The van der Waals surface area contributed by atoms with Gasteiger partial charge in [-0.15, -0.1) is 11.3 Å². The molecule has 3 heterocycles. The molecule has 1 atom stereocenters. The Balaban J connectivity index is 1.67. The second-order valence-electron chi connectivity index (χ2n) is 7.63. The molecule has 1 unspecified atom stereocenters. The molecular formula is C24H27N3O2S. The summed E-state index contributed by atoms with van der Waals surface area (Å²) in [5, 5.41) is 0.901. The molecule has 0 saturated carbocycles. The van der Waals surface area contributed by atoms with E-state index in [-0.39, 0.29) is 5.91 Å². The van der Waals surface area contributed by atoms with Gasteiger partial charge in [-0.05, 0) is 50.6 Å². The van der Waals surface area contributed by atoms with E-state index in [0.717, 1.165) is 57.7 Å². The first-order valence-electron chi connectivity index (χ1n) is 10.6. The minimum absolute atomic E-state index is 0.0281. The Kier molecular flexibility index (Phi) is 6.13. The zero-order valence-corrected chi connectivity index (χ0v) is 18.5. The highest BCUT2D eigenvalue weighted by atomic mass is 32.1. The van der Waals surface area contributed by atoms with Crippen molar-refractivity contribution in [2.45, 2.75) is 52.6 Å². The molecule has 30 heavy (non-hydrogen) atoms. The molecule has 4 rings (SSSR count). The summed E-state index contributed by atoms with van der Waals surface area (Å²) >= 11 is 1.64. The Morgan fingerprint density at radius 1 is 1.17 bits per heavy atom. The van der Waals surface area contributed by atoms with E-state index in [1.807, 2.05) is 48.2 Å². The molecule has 156 valence electrons. The van der Waals surface area contributed by atoms with Crippen LogP contribution in [0.2, 0.25) is 0 Å². The van der Waals surface area contributed by atoms with E-state index >= 15 is 0 Å². The summed E-state index contributed by atoms with van der Waals surface area (Å²) in [5.74, 6) is 0.791. The third-order valence-electron chi connectivity index (χ3n) is 5.36. The van der Waals surface area contributed by atoms with Crippen LogP contribution in [0.4, 0.5) is 5.69 Å². The first-order chi connectivity index (χ1) is 14.6. The Hall–Kier alpha value is -2.73. The molecule has 3 aromatic rings. The fraction of sp³-hybridized carbons (Fsp3) is 0.375. The molecule has 5 nitrogen and oxygen atoms in total. The van der Waals surface area contributed by atoms with Gasteiger partial charge in [0.15, 0.2) is 6.10 Å². The van der Waals surface area contributed by atoms with Crippen molar-refractivity contribution in [1.29, 1.82) is 0 Å². The first kappa shape index (κ1) is 20.5. The van der Waals surface area contributed by atoms with Crippen molar-refractivity contribution < 1.29 is 9.53 Å². The van der Waals surface area contributed by atoms with Crippen molar-refractivity contribution >= 4 is 22.9 Å². The Morgan fingerprint density at radius 3 is 2.80 bits per heavy atom. The number of thiazole rings is 1. The summed E-state index contributed by atoms with van der Waals surface area (Å²) in [6.07, 6.45) is 5.82. The SMILES string of the molecule is CCCCCCN1C(=O)C(C)Oc2ccc(-c3nc(-c4ccccn4)sc3C)cc21. The number of carbonyl (C=O) groups is 1. The number of benzene rings is 1. The quantitative estimate of drug-likeness (QED) is 0.447. The molecule has 2 aromatic heterocycles. The molecule has 0 bridgehead atoms. The van der Waals surface area contributed by atoms with E-state index in [4.69, 9.17) is 9.72 Å². The molecule has 1 amide bonds. The van der Waals surface area contributed by atoms with Gasteiger partial charge in [0.1, 0.15) is 10.8 Å². The van der Waals surface area contributed by atoms with Crippen LogP contribution < -0.4 is 9.64 Å². The minimum atomic E-state index is -0.453. The maximum atomic E-state index is 12.8. The number of ether oxygens (including phenoxy) is 1. The number of aryl methyl sites for hydroxylation is 1. The van der Waals surface area contributed by atoms with Gasteiger partial charge in [0.05, 0.1) is 17.1 Å². The lowest BCUT2D eigenvalue weighted by atomic mass is 10.1. The van der Waals surface area contributed by atoms with Gasteiger partial charge in [0.25, 0.3) is 5.91 Å². The van der Waals surface area contributed by atoms with Gasteiger partial charge < -0.3 is 9.64 Å². The van der Waals surface area contributed by atoms with Gasteiger partial charge in [0.2, 0.25) is 0 Å². The van der Waals surface area contributed by atoms with Gasteiger partial charge in [0, 0.05) is 23.2 Å². The molecule has 0 N–H and O–H groups in total. The number of unbranched alkanes of at least 4 members (excludes halogenated alkanes) is 3. The number of anilines is 1. The Labute approximate surface area is 181 Å². The van der Waals surface area contributed by atoms with Crippen LogP contribution in [0.5, 0.6) is 5.75 Å². The summed E-state index contributed by atoms with van der Waals surface area (Å²) in [7, 11) is 0. The monoisotopic (exact) mass is 421 g/mol. The van der Waals surface area contributed by atoms with Crippen LogP contribution in [-0.4, -0.2) is 28.5 Å². The van der Waals surface area contributed by atoms with Crippen molar-refractivity contribution in [3.63, 3.8) is 0 Å². The summed E-state index contributed by atoms with van der Waals surface area (Å²) in [6, 6.07) is 11.9. The molecule has 0 saturated heterocycles. The number of rotatable bonds is 7. The number of aromatic nitrogens is 2. The van der Waals surface area contributed by atoms with Crippen molar-refractivity contribution in [1.82, 2.24) is 9.97 Å². The van der Waals surface area contributed by atoms with Crippen LogP contribution in [0, 0.1) is 6.92 Å². The molecule has 1 aliphatic rings. The summed E-state index contributed by atoms with van der Waals surface area (Å²) < 4.78 is 5.88. The molecule has 0 fully saturated rings. The number of pyridine rings is 1. The van der Waals surface area contributed by atoms with E-state index in [9.17, 15) is 4.79 Å².